The first-order chi connectivity index (χ1) is 14.4. The molecule has 1 amide bonds. The van der Waals surface area contributed by atoms with Crippen molar-refractivity contribution in [1.82, 2.24) is 4.90 Å². The Labute approximate surface area is 183 Å². The molecule has 154 valence electrons. The van der Waals surface area contributed by atoms with Crippen LogP contribution in [0.5, 0.6) is 11.5 Å². The van der Waals surface area contributed by atoms with E-state index in [0.29, 0.717) is 33.7 Å². The maximum Gasteiger partial charge on any atom is 0.343 e. The fraction of sp³-hybridized carbons (Fsp3) is 0.136. The number of halogens is 1. The fourth-order valence-electron chi connectivity index (χ4n) is 2.65. The molecule has 30 heavy (non-hydrogen) atoms. The normalized spacial score (nSPS) is 14.9. The lowest BCUT2D eigenvalue weighted by molar-refractivity contribution is -0.121. The zero-order chi connectivity index (χ0) is 21.7. The van der Waals surface area contributed by atoms with Crippen LogP contribution in [-0.4, -0.2) is 34.2 Å². The average molecular weight is 444 g/mol. The van der Waals surface area contributed by atoms with Crippen LogP contribution in [0.15, 0.2) is 60.0 Å². The van der Waals surface area contributed by atoms with Crippen molar-refractivity contribution in [2.45, 2.75) is 6.92 Å². The molecule has 0 aromatic heterocycles. The number of amides is 1. The van der Waals surface area contributed by atoms with Gasteiger partial charge in [-0.25, -0.2) is 9.18 Å². The van der Waals surface area contributed by atoms with Gasteiger partial charge in [0.2, 0.25) is 0 Å². The number of benzene rings is 2. The van der Waals surface area contributed by atoms with Crippen LogP contribution >= 0.6 is 24.0 Å². The van der Waals surface area contributed by atoms with Crippen LogP contribution in [-0.2, 0) is 4.79 Å². The first kappa shape index (κ1) is 21.7. The summed E-state index contributed by atoms with van der Waals surface area (Å²) in [5.41, 5.74) is 0.910. The van der Waals surface area contributed by atoms with Gasteiger partial charge in [0.25, 0.3) is 5.91 Å². The third-order valence-corrected chi connectivity index (χ3v) is 5.41. The molecule has 0 N–H and O–H groups in total. The lowest BCUT2D eigenvalue weighted by atomic mass is 10.1. The molecule has 3 rings (SSSR count). The minimum absolute atomic E-state index is 0.185. The second-order valence-electron chi connectivity index (χ2n) is 6.12. The van der Waals surface area contributed by atoms with Gasteiger partial charge in [0.05, 0.1) is 17.1 Å². The van der Waals surface area contributed by atoms with Crippen LogP contribution in [0.3, 0.4) is 0 Å². The van der Waals surface area contributed by atoms with Crippen LogP contribution in [0.25, 0.3) is 6.08 Å². The molecule has 1 fully saturated rings. The average Bonchev–Trinajstić information content (AvgIpc) is 2.98. The predicted molar refractivity (Wildman–Crippen MR) is 119 cm³/mol. The molecule has 0 aliphatic carbocycles. The van der Waals surface area contributed by atoms with E-state index in [-0.39, 0.29) is 17.2 Å². The zero-order valence-electron chi connectivity index (χ0n) is 16.1. The molecule has 1 aliphatic heterocycles. The number of carbonyl (C=O) groups is 2. The molecule has 0 saturated carbocycles. The third-order valence-electron chi connectivity index (χ3n) is 4.03. The monoisotopic (exact) mass is 443 g/mol. The van der Waals surface area contributed by atoms with Crippen LogP contribution in [0.1, 0.15) is 22.8 Å². The van der Waals surface area contributed by atoms with Gasteiger partial charge >= 0.3 is 5.97 Å². The molecule has 1 saturated heterocycles. The highest BCUT2D eigenvalue weighted by Gasteiger charge is 2.31. The van der Waals surface area contributed by atoms with Gasteiger partial charge in [-0.1, -0.05) is 36.1 Å². The number of thiocarbonyl (C=S) groups is 1. The highest BCUT2D eigenvalue weighted by molar-refractivity contribution is 8.26. The number of esters is 1. The maximum absolute atomic E-state index is 13.1. The van der Waals surface area contributed by atoms with Crippen LogP contribution in [0.4, 0.5) is 4.39 Å². The second-order valence-corrected chi connectivity index (χ2v) is 7.79. The van der Waals surface area contributed by atoms with Gasteiger partial charge in [0.1, 0.15) is 10.1 Å². The maximum atomic E-state index is 13.1. The zero-order valence-corrected chi connectivity index (χ0v) is 17.7. The Hall–Kier alpha value is -2.97. The van der Waals surface area contributed by atoms with Crippen molar-refractivity contribution >= 4 is 46.3 Å². The molecule has 1 heterocycles. The summed E-state index contributed by atoms with van der Waals surface area (Å²) in [5.74, 6) is -0.682. The van der Waals surface area contributed by atoms with Gasteiger partial charge in [0.15, 0.2) is 11.5 Å². The molecule has 0 bridgehead atoms. The summed E-state index contributed by atoms with van der Waals surface area (Å²) >= 11 is 6.45. The Morgan fingerprint density at radius 3 is 2.63 bits per heavy atom. The molecule has 0 spiro atoms. The van der Waals surface area contributed by atoms with Crippen molar-refractivity contribution in [3.8, 4) is 11.5 Å². The highest BCUT2D eigenvalue weighted by Crippen LogP contribution is 2.35. The first-order valence-corrected chi connectivity index (χ1v) is 10.3. The number of nitrogens with zero attached hydrogens (tertiary/aromatic N) is 1. The quantitative estimate of drug-likeness (QED) is 0.201. The summed E-state index contributed by atoms with van der Waals surface area (Å²) in [6.45, 7) is 6.14. The van der Waals surface area contributed by atoms with Crippen LogP contribution in [0.2, 0.25) is 0 Å². The van der Waals surface area contributed by atoms with Gasteiger partial charge in [-0.3, -0.25) is 9.69 Å². The number of ether oxygens (including phenoxy) is 2. The van der Waals surface area contributed by atoms with Crippen LogP contribution < -0.4 is 9.47 Å². The number of hydrogen-bond acceptors (Lipinski definition) is 6. The molecular formula is C22H18FNO4S2. The summed E-state index contributed by atoms with van der Waals surface area (Å²) in [5, 5.41) is 0. The van der Waals surface area contributed by atoms with E-state index in [0.717, 1.165) is 0 Å². The standard InChI is InChI=1S/C22H18FNO4S2/c1-3-11-24-20(25)19(30-22(24)29)13-14-5-10-17(18(12-14)27-4-2)28-21(26)15-6-8-16(23)9-7-15/h3,5-10,12-13H,1,4,11H2,2H3. The smallest absolute Gasteiger partial charge is 0.343 e. The van der Waals surface area contributed by atoms with Crippen molar-refractivity contribution in [2.24, 2.45) is 0 Å². The van der Waals surface area contributed by atoms with Gasteiger partial charge in [0, 0.05) is 6.54 Å². The van der Waals surface area contributed by atoms with Crippen molar-refractivity contribution in [1.29, 1.82) is 0 Å². The molecular weight excluding hydrogens is 425 g/mol. The van der Waals surface area contributed by atoms with E-state index < -0.39 is 11.8 Å². The SMILES string of the molecule is C=CCN1C(=O)C(=Cc2ccc(OC(=O)c3ccc(F)cc3)c(OCC)c2)SC1=S. The minimum Gasteiger partial charge on any atom is -0.490 e. The third kappa shape index (κ3) is 4.95. The summed E-state index contributed by atoms with van der Waals surface area (Å²) in [6, 6.07) is 10.0. The molecule has 0 unspecified atom stereocenters. The van der Waals surface area contributed by atoms with E-state index in [4.69, 9.17) is 21.7 Å². The number of carbonyl (C=O) groups excluding carboxylic acids is 2. The van der Waals surface area contributed by atoms with Crippen molar-refractivity contribution in [3.63, 3.8) is 0 Å². The summed E-state index contributed by atoms with van der Waals surface area (Å²) < 4.78 is 24.5. The Balaban J connectivity index is 1.84. The van der Waals surface area contributed by atoms with E-state index in [2.05, 4.69) is 6.58 Å². The Morgan fingerprint density at radius 2 is 1.97 bits per heavy atom. The molecule has 0 atom stereocenters. The number of hydrogen-bond donors (Lipinski definition) is 0. The van der Waals surface area contributed by atoms with E-state index in [1.165, 1.54) is 40.9 Å². The Bertz CT molecular complexity index is 1030. The molecule has 0 radical (unpaired) electrons. The Morgan fingerprint density at radius 1 is 1.23 bits per heavy atom. The largest absolute Gasteiger partial charge is 0.490 e. The molecule has 2 aromatic rings. The van der Waals surface area contributed by atoms with Crippen molar-refractivity contribution in [2.75, 3.05) is 13.2 Å². The number of thioether (sulfide) groups is 1. The lowest BCUT2D eigenvalue weighted by Crippen LogP contribution is -2.27. The van der Waals surface area contributed by atoms with Gasteiger partial charge in [-0.15, -0.1) is 6.58 Å². The van der Waals surface area contributed by atoms with Gasteiger partial charge in [-0.05, 0) is 55.0 Å². The van der Waals surface area contributed by atoms with Crippen molar-refractivity contribution < 1.29 is 23.5 Å². The first-order valence-electron chi connectivity index (χ1n) is 9.03. The summed E-state index contributed by atoms with van der Waals surface area (Å²) in [6.07, 6.45) is 3.32. The Kier molecular flexibility index (Phi) is 7.02. The molecule has 2 aromatic carbocycles. The summed E-state index contributed by atoms with van der Waals surface area (Å²) in [7, 11) is 0. The molecule has 5 nitrogen and oxygen atoms in total. The summed E-state index contributed by atoms with van der Waals surface area (Å²) in [4.78, 5) is 26.8. The fourth-order valence-corrected chi connectivity index (χ4v) is 3.92. The van der Waals surface area contributed by atoms with E-state index in [9.17, 15) is 14.0 Å². The van der Waals surface area contributed by atoms with Crippen molar-refractivity contribution in [3.05, 3.63) is 77.0 Å². The van der Waals surface area contributed by atoms with E-state index in [1.54, 1.807) is 37.3 Å². The predicted octanol–water partition coefficient (Wildman–Crippen LogP) is 4.83. The van der Waals surface area contributed by atoms with E-state index in [1.807, 2.05) is 0 Å². The highest BCUT2D eigenvalue weighted by atomic mass is 32.2. The number of rotatable bonds is 7. The van der Waals surface area contributed by atoms with Gasteiger partial charge < -0.3 is 9.47 Å². The van der Waals surface area contributed by atoms with Gasteiger partial charge in [-0.2, -0.15) is 0 Å². The second kappa shape index (κ2) is 9.69. The molecule has 1 aliphatic rings. The minimum atomic E-state index is -0.631. The topological polar surface area (TPSA) is 55.8 Å². The lowest BCUT2D eigenvalue weighted by Gasteiger charge is -2.12. The van der Waals surface area contributed by atoms with Crippen LogP contribution in [0, 0.1) is 5.82 Å². The van der Waals surface area contributed by atoms with E-state index >= 15 is 0 Å². The molecule has 8 heteroatoms.